The van der Waals surface area contributed by atoms with Crippen LogP contribution >= 0.6 is 0 Å². The topological polar surface area (TPSA) is 122 Å². The van der Waals surface area contributed by atoms with Crippen molar-refractivity contribution < 1.29 is 25.2 Å². The molecule has 2 aromatic carbocycles. The molecular weight excluding hydrogens is 398 g/mol. The van der Waals surface area contributed by atoms with E-state index in [0.717, 1.165) is 27.7 Å². The van der Waals surface area contributed by atoms with E-state index in [0.29, 0.717) is 5.56 Å². The van der Waals surface area contributed by atoms with Gasteiger partial charge in [0.15, 0.2) is 0 Å². The molecule has 0 bridgehead atoms. The van der Waals surface area contributed by atoms with Crippen LogP contribution in [0, 0.1) is 11.8 Å². The lowest BCUT2D eigenvalue weighted by atomic mass is 9.95. The Bertz CT molecular complexity index is 1110. The third kappa shape index (κ3) is 4.14. The SMILES string of the molecule is CN(C)c1ccc(-c2cc(C#CC3OC(CO)[C@@H](O)C(O)C3O)c3[nH]ncc3c2)cc1. The van der Waals surface area contributed by atoms with E-state index in [-0.39, 0.29) is 0 Å². The normalized spacial score (nSPS) is 25.8. The average Bonchev–Trinajstić information content (AvgIpc) is 3.26. The largest absolute Gasteiger partial charge is 0.394 e. The zero-order valence-corrected chi connectivity index (χ0v) is 17.2. The molecule has 1 aliphatic rings. The van der Waals surface area contributed by atoms with Crippen molar-refractivity contribution in [3.63, 3.8) is 0 Å². The second kappa shape index (κ2) is 8.67. The minimum atomic E-state index is -1.46. The van der Waals surface area contributed by atoms with Gasteiger partial charge >= 0.3 is 0 Å². The number of aliphatic hydroxyl groups is 4. The zero-order valence-electron chi connectivity index (χ0n) is 17.2. The number of hydrogen-bond donors (Lipinski definition) is 5. The first-order valence-corrected chi connectivity index (χ1v) is 9.96. The van der Waals surface area contributed by atoms with Crippen LogP contribution in [0.3, 0.4) is 0 Å². The fourth-order valence-electron chi connectivity index (χ4n) is 3.64. The monoisotopic (exact) mass is 423 g/mol. The van der Waals surface area contributed by atoms with Crippen LogP contribution in [0.15, 0.2) is 42.6 Å². The van der Waals surface area contributed by atoms with Crippen LogP contribution < -0.4 is 4.90 Å². The molecule has 2 heterocycles. The van der Waals surface area contributed by atoms with E-state index in [1.165, 1.54) is 0 Å². The van der Waals surface area contributed by atoms with Crippen molar-refractivity contribution in [2.24, 2.45) is 0 Å². The maximum absolute atomic E-state index is 10.2. The first-order valence-electron chi connectivity index (χ1n) is 9.96. The van der Waals surface area contributed by atoms with Gasteiger partial charge in [-0.2, -0.15) is 5.10 Å². The first-order chi connectivity index (χ1) is 14.9. The molecular formula is C23H25N3O5. The van der Waals surface area contributed by atoms with Crippen LogP contribution in [-0.4, -0.2) is 81.8 Å². The number of aliphatic hydroxyl groups excluding tert-OH is 4. The molecule has 8 nitrogen and oxygen atoms in total. The molecule has 162 valence electrons. The summed E-state index contributed by atoms with van der Waals surface area (Å²) in [6, 6.07) is 12.1. The summed E-state index contributed by atoms with van der Waals surface area (Å²) in [4.78, 5) is 2.03. The van der Waals surface area contributed by atoms with Crippen molar-refractivity contribution in [2.75, 3.05) is 25.6 Å². The Labute approximate surface area is 179 Å². The van der Waals surface area contributed by atoms with Gasteiger partial charge in [0.2, 0.25) is 0 Å². The highest BCUT2D eigenvalue weighted by Crippen LogP contribution is 2.28. The third-order valence-corrected chi connectivity index (χ3v) is 5.51. The molecule has 4 unspecified atom stereocenters. The highest BCUT2D eigenvalue weighted by Gasteiger charge is 2.42. The number of aromatic nitrogens is 2. The second-order valence-corrected chi connectivity index (χ2v) is 7.82. The Kier molecular flexibility index (Phi) is 5.96. The lowest BCUT2D eigenvalue weighted by Gasteiger charge is -2.37. The number of anilines is 1. The molecule has 0 spiro atoms. The molecule has 1 fully saturated rings. The van der Waals surface area contributed by atoms with Crippen LogP contribution in [0.5, 0.6) is 0 Å². The molecule has 1 aromatic heterocycles. The van der Waals surface area contributed by atoms with Crippen LogP contribution in [0.2, 0.25) is 0 Å². The number of aromatic amines is 1. The highest BCUT2D eigenvalue weighted by atomic mass is 16.5. The van der Waals surface area contributed by atoms with Crippen LogP contribution in [0.1, 0.15) is 5.56 Å². The fraction of sp³-hybridized carbons (Fsp3) is 0.348. The van der Waals surface area contributed by atoms with E-state index < -0.39 is 37.1 Å². The summed E-state index contributed by atoms with van der Waals surface area (Å²) in [5.41, 5.74) is 4.46. The summed E-state index contributed by atoms with van der Waals surface area (Å²) in [6.45, 7) is -0.494. The summed E-state index contributed by atoms with van der Waals surface area (Å²) in [7, 11) is 3.97. The summed E-state index contributed by atoms with van der Waals surface area (Å²) in [5, 5.41) is 47.4. The molecule has 0 amide bonds. The second-order valence-electron chi connectivity index (χ2n) is 7.82. The Balaban J connectivity index is 1.69. The Morgan fingerprint density at radius 3 is 2.45 bits per heavy atom. The van der Waals surface area contributed by atoms with E-state index in [9.17, 15) is 20.4 Å². The third-order valence-electron chi connectivity index (χ3n) is 5.51. The minimum absolute atomic E-state index is 0.494. The van der Waals surface area contributed by atoms with Gasteiger partial charge in [0.05, 0.1) is 23.9 Å². The summed E-state index contributed by atoms with van der Waals surface area (Å²) < 4.78 is 5.48. The van der Waals surface area contributed by atoms with Crippen molar-refractivity contribution in [1.29, 1.82) is 0 Å². The summed E-state index contributed by atoms with van der Waals surface area (Å²) in [6.07, 6.45) is -4.61. The van der Waals surface area contributed by atoms with Crippen LogP contribution in [-0.2, 0) is 4.74 Å². The molecule has 1 saturated heterocycles. The number of benzene rings is 2. The number of nitrogens with zero attached hydrogens (tertiary/aromatic N) is 2. The predicted molar refractivity (Wildman–Crippen MR) is 117 cm³/mol. The average molecular weight is 423 g/mol. The lowest BCUT2D eigenvalue weighted by molar-refractivity contribution is -0.214. The molecule has 1 aliphatic heterocycles. The number of fused-ring (bicyclic) bond motifs is 1. The van der Waals surface area contributed by atoms with Gasteiger partial charge in [0.25, 0.3) is 0 Å². The van der Waals surface area contributed by atoms with Gasteiger partial charge in [-0.15, -0.1) is 0 Å². The minimum Gasteiger partial charge on any atom is -0.394 e. The zero-order chi connectivity index (χ0) is 22.1. The van der Waals surface area contributed by atoms with Gasteiger partial charge < -0.3 is 30.1 Å². The molecule has 5 N–H and O–H groups in total. The predicted octanol–water partition coefficient (Wildman–Crippen LogP) is 0.490. The molecule has 4 rings (SSSR count). The fourth-order valence-corrected chi connectivity index (χ4v) is 3.64. The van der Waals surface area contributed by atoms with E-state index in [4.69, 9.17) is 4.74 Å². The van der Waals surface area contributed by atoms with E-state index in [2.05, 4.69) is 22.0 Å². The maximum atomic E-state index is 10.2. The summed E-state index contributed by atoms with van der Waals surface area (Å²) >= 11 is 0. The van der Waals surface area contributed by atoms with Crippen molar-refractivity contribution in [1.82, 2.24) is 10.2 Å². The van der Waals surface area contributed by atoms with Gasteiger partial charge in [0.1, 0.15) is 30.5 Å². The van der Waals surface area contributed by atoms with Gasteiger partial charge in [-0.05, 0) is 35.4 Å². The molecule has 5 atom stereocenters. The molecule has 31 heavy (non-hydrogen) atoms. The van der Waals surface area contributed by atoms with E-state index in [1.807, 2.05) is 55.4 Å². The first kappa shape index (κ1) is 21.3. The van der Waals surface area contributed by atoms with Crippen molar-refractivity contribution in [3.05, 3.63) is 48.2 Å². The number of nitrogens with one attached hydrogen (secondary N) is 1. The summed E-state index contributed by atoms with van der Waals surface area (Å²) in [5.74, 6) is 5.83. The van der Waals surface area contributed by atoms with Gasteiger partial charge in [0, 0.05) is 25.2 Å². The standard InChI is InChI=1S/C23H25N3O5/c1-26(2)17-6-3-13(4-7-17)15-9-14(20-16(10-15)11-24-25-20)5-8-18-21(28)23(30)22(29)19(12-27)31-18/h3-4,6-7,9-11,18-19,21-23,27-30H,12H2,1-2H3,(H,24,25)/t18?,19?,21?,22-,23?/m1/s1. The Hall–Kier alpha value is -2.93. The Morgan fingerprint density at radius 2 is 1.77 bits per heavy atom. The van der Waals surface area contributed by atoms with Crippen molar-refractivity contribution >= 4 is 16.6 Å². The molecule has 3 aromatic rings. The van der Waals surface area contributed by atoms with Crippen LogP contribution in [0.25, 0.3) is 22.0 Å². The molecule has 0 radical (unpaired) electrons. The molecule has 0 saturated carbocycles. The quantitative estimate of drug-likeness (QED) is 0.389. The number of ether oxygens (including phenoxy) is 1. The number of H-pyrrole nitrogens is 1. The number of rotatable bonds is 3. The van der Waals surface area contributed by atoms with Crippen molar-refractivity contribution in [2.45, 2.75) is 30.5 Å². The lowest BCUT2D eigenvalue weighted by Crippen LogP contribution is -2.58. The highest BCUT2D eigenvalue weighted by molar-refractivity contribution is 5.89. The smallest absolute Gasteiger partial charge is 0.147 e. The maximum Gasteiger partial charge on any atom is 0.147 e. The molecule has 0 aliphatic carbocycles. The van der Waals surface area contributed by atoms with Gasteiger partial charge in [-0.1, -0.05) is 24.0 Å². The Morgan fingerprint density at radius 1 is 1.03 bits per heavy atom. The van der Waals surface area contributed by atoms with Gasteiger partial charge in [-0.3, -0.25) is 5.10 Å². The van der Waals surface area contributed by atoms with Crippen molar-refractivity contribution in [3.8, 4) is 23.0 Å². The van der Waals surface area contributed by atoms with E-state index >= 15 is 0 Å². The van der Waals surface area contributed by atoms with E-state index in [1.54, 1.807) is 6.20 Å². The molecule has 8 heteroatoms. The van der Waals surface area contributed by atoms with Crippen LogP contribution in [0.4, 0.5) is 5.69 Å². The number of hydrogen-bond acceptors (Lipinski definition) is 7. The van der Waals surface area contributed by atoms with Gasteiger partial charge in [-0.25, -0.2) is 0 Å².